The molecule has 1 amide bonds. The lowest BCUT2D eigenvalue weighted by Crippen LogP contribution is -2.40. The van der Waals surface area contributed by atoms with Gasteiger partial charge in [0, 0.05) is 11.2 Å². The van der Waals surface area contributed by atoms with E-state index in [1.807, 2.05) is 20.8 Å². The Morgan fingerprint density at radius 3 is 2.72 bits per heavy atom. The van der Waals surface area contributed by atoms with Gasteiger partial charge in [-0.15, -0.1) is 6.42 Å². The minimum absolute atomic E-state index is 0.111. The molecule has 1 aromatic carbocycles. The van der Waals surface area contributed by atoms with Crippen molar-refractivity contribution in [2.45, 2.75) is 26.3 Å². The van der Waals surface area contributed by atoms with Crippen LogP contribution in [0, 0.1) is 12.3 Å². The number of carbonyl (C=O) groups is 1. The van der Waals surface area contributed by atoms with E-state index in [9.17, 15) is 4.79 Å². The molecule has 1 aromatic rings. The summed E-state index contributed by atoms with van der Waals surface area (Å²) in [5, 5.41) is 2.85. The van der Waals surface area contributed by atoms with Gasteiger partial charge >= 0.3 is 0 Å². The highest BCUT2D eigenvalue weighted by Gasteiger charge is 2.18. The van der Waals surface area contributed by atoms with Crippen molar-refractivity contribution in [3.8, 4) is 18.1 Å². The van der Waals surface area contributed by atoms with Crippen LogP contribution in [0.15, 0.2) is 18.2 Å². The summed E-state index contributed by atoms with van der Waals surface area (Å²) in [6.07, 6.45) is 5.13. The Morgan fingerprint density at radius 1 is 1.50 bits per heavy atom. The molecule has 0 aromatic heterocycles. The number of terminal acetylenes is 1. The van der Waals surface area contributed by atoms with E-state index in [-0.39, 0.29) is 18.1 Å². The monoisotopic (exact) mass is 246 g/mol. The number of nitrogens with one attached hydrogen (secondary N) is 1. The third-order valence-corrected chi connectivity index (χ3v) is 2.05. The van der Waals surface area contributed by atoms with E-state index in [0.717, 1.165) is 0 Å². The molecule has 0 spiro atoms. The Morgan fingerprint density at radius 2 is 2.17 bits per heavy atom. The number of hydrogen-bond donors (Lipinski definition) is 2. The average Bonchev–Trinajstić information content (AvgIpc) is 2.25. The van der Waals surface area contributed by atoms with Crippen LogP contribution in [0.25, 0.3) is 0 Å². The van der Waals surface area contributed by atoms with Crippen LogP contribution >= 0.6 is 0 Å². The predicted octanol–water partition coefficient (Wildman–Crippen LogP) is 1.81. The summed E-state index contributed by atoms with van der Waals surface area (Å²) >= 11 is 0. The predicted molar refractivity (Wildman–Crippen MR) is 72.4 cm³/mol. The Hall–Kier alpha value is -2.15. The number of rotatable bonds is 3. The third-order valence-electron chi connectivity index (χ3n) is 2.05. The SMILES string of the molecule is C#CCOc1ccc(N)cc1C(=O)NC(C)(C)C. The Balaban J connectivity index is 3.01. The minimum Gasteiger partial charge on any atom is -0.480 e. The minimum atomic E-state index is -0.328. The first-order chi connectivity index (χ1) is 8.33. The lowest BCUT2D eigenvalue weighted by atomic mass is 10.1. The number of nitrogen functional groups attached to an aromatic ring is 1. The molecule has 0 heterocycles. The van der Waals surface area contributed by atoms with E-state index in [4.69, 9.17) is 16.9 Å². The van der Waals surface area contributed by atoms with Gasteiger partial charge in [-0.3, -0.25) is 4.79 Å². The summed E-state index contributed by atoms with van der Waals surface area (Å²) in [6.45, 7) is 5.82. The molecule has 3 N–H and O–H groups in total. The molecule has 0 radical (unpaired) electrons. The Labute approximate surface area is 108 Å². The van der Waals surface area contributed by atoms with Gasteiger partial charge in [-0.05, 0) is 39.0 Å². The van der Waals surface area contributed by atoms with Gasteiger partial charge in [0.25, 0.3) is 5.91 Å². The summed E-state index contributed by atoms with van der Waals surface area (Å²) in [7, 11) is 0. The maximum atomic E-state index is 12.1. The smallest absolute Gasteiger partial charge is 0.255 e. The van der Waals surface area contributed by atoms with Crippen molar-refractivity contribution < 1.29 is 9.53 Å². The zero-order valence-electron chi connectivity index (χ0n) is 10.9. The molecule has 0 saturated carbocycles. The van der Waals surface area contributed by atoms with Crippen molar-refractivity contribution in [3.05, 3.63) is 23.8 Å². The standard InChI is InChI=1S/C14H18N2O2/c1-5-8-18-12-7-6-10(15)9-11(12)13(17)16-14(2,3)4/h1,6-7,9H,8,15H2,2-4H3,(H,16,17). The van der Waals surface area contributed by atoms with Crippen molar-refractivity contribution in [1.82, 2.24) is 5.32 Å². The number of ether oxygens (including phenoxy) is 1. The molecule has 96 valence electrons. The molecular formula is C14H18N2O2. The fraction of sp³-hybridized carbons (Fsp3) is 0.357. The van der Waals surface area contributed by atoms with Gasteiger partial charge in [0.05, 0.1) is 5.56 Å². The number of carbonyl (C=O) groups excluding carboxylic acids is 1. The van der Waals surface area contributed by atoms with E-state index in [2.05, 4.69) is 11.2 Å². The highest BCUT2D eigenvalue weighted by atomic mass is 16.5. The Kier molecular flexibility index (Phi) is 4.22. The average molecular weight is 246 g/mol. The van der Waals surface area contributed by atoms with Gasteiger partial charge in [0.1, 0.15) is 12.4 Å². The first-order valence-corrected chi connectivity index (χ1v) is 5.62. The van der Waals surface area contributed by atoms with E-state index in [0.29, 0.717) is 17.0 Å². The Bertz CT molecular complexity index is 482. The van der Waals surface area contributed by atoms with Gasteiger partial charge in [0.2, 0.25) is 0 Å². The van der Waals surface area contributed by atoms with Crippen LogP contribution in [-0.4, -0.2) is 18.1 Å². The summed E-state index contributed by atoms with van der Waals surface area (Å²) in [4.78, 5) is 12.1. The molecule has 4 nitrogen and oxygen atoms in total. The lowest BCUT2D eigenvalue weighted by Gasteiger charge is -2.21. The number of benzene rings is 1. The van der Waals surface area contributed by atoms with Crippen LogP contribution in [0.2, 0.25) is 0 Å². The summed E-state index contributed by atoms with van der Waals surface area (Å²) < 4.78 is 5.32. The quantitative estimate of drug-likeness (QED) is 0.631. The van der Waals surface area contributed by atoms with Crippen molar-refractivity contribution in [1.29, 1.82) is 0 Å². The van der Waals surface area contributed by atoms with E-state index < -0.39 is 0 Å². The van der Waals surface area contributed by atoms with Crippen molar-refractivity contribution in [2.75, 3.05) is 12.3 Å². The number of hydrogen-bond acceptors (Lipinski definition) is 3. The van der Waals surface area contributed by atoms with Crippen molar-refractivity contribution in [3.63, 3.8) is 0 Å². The van der Waals surface area contributed by atoms with E-state index in [1.54, 1.807) is 18.2 Å². The summed E-state index contributed by atoms with van der Waals surface area (Å²) in [6, 6.07) is 4.89. The number of anilines is 1. The van der Waals surface area contributed by atoms with Crippen molar-refractivity contribution >= 4 is 11.6 Å². The topological polar surface area (TPSA) is 64.3 Å². The van der Waals surface area contributed by atoms with E-state index in [1.165, 1.54) is 0 Å². The van der Waals surface area contributed by atoms with Crippen LogP contribution in [0.1, 0.15) is 31.1 Å². The molecule has 0 aliphatic heterocycles. The second-order valence-corrected chi connectivity index (χ2v) is 4.95. The van der Waals surface area contributed by atoms with Crippen LogP contribution < -0.4 is 15.8 Å². The van der Waals surface area contributed by atoms with Gasteiger partial charge in [-0.25, -0.2) is 0 Å². The molecule has 0 aliphatic rings. The second-order valence-electron chi connectivity index (χ2n) is 4.95. The maximum Gasteiger partial charge on any atom is 0.255 e. The van der Waals surface area contributed by atoms with Crippen molar-refractivity contribution in [2.24, 2.45) is 0 Å². The molecule has 18 heavy (non-hydrogen) atoms. The zero-order chi connectivity index (χ0) is 13.8. The van der Waals surface area contributed by atoms with Gasteiger partial charge < -0.3 is 15.8 Å². The first-order valence-electron chi connectivity index (χ1n) is 5.62. The number of nitrogens with two attached hydrogens (primary N) is 1. The summed E-state index contributed by atoms with van der Waals surface area (Å²) in [5.41, 5.74) is 6.24. The fourth-order valence-corrected chi connectivity index (χ4v) is 1.38. The largest absolute Gasteiger partial charge is 0.480 e. The molecule has 0 atom stereocenters. The summed E-state index contributed by atoms with van der Waals surface area (Å²) in [5.74, 6) is 2.56. The maximum absolute atomic E-state index is 12.1. The highest BCUT2D eigenvalue weighted by Crippen LogP contribution is 2.22. The van der Waals surface area contributed by atoms with Gasteiger partial charge in [-0.2, -0.15) is 0 Å². The van der Waals surface area contributed by atoms with Crippen LogP contribution in [0.4, 0.5) is 5.69 Å². The number of amides is 1. The van der Waals surface area contributed by atoms with Gasteiger partial charge in [0.15, 0.2) is 0 Å². The molecule has 0 aliphatic carbocycles. The molecule has 4 heteroatoms. The van der Waals surface area contributed by atoms with E-state index >= 15 is 0 Å². The molecule has 0 unspecified atom stereocenters. The lowest BCUT2D eigenvalue weighted by molar-refractivity contribution is 0.0916. The van der Waals surface area contributed by atoms with Crippen LogP contribution in [0.5, 0.6) is 5.75 Å². The highest BCUT2D eigenvalue weighted by molar-refractivity contribution is 5.98. The molecule has 0 fully saturated rings. The third kappa shape index (κ3) is 4.02. The first kappa shape index (κ1) is 13.9. The molecule has 1 rings (SSSR count). The molecule has 0 saturated heterocycles. The normalized spacial score (nSPS) is 10.6. The zero-order valence-corrected chi connectivity index (χ0v) is 10.9. The van der Waals surface area contributed by atoms with Gasteiger partial charge in [-0.1, -0.05) is 5.92 Å². The molecule has 0 bridgehead atoms. The van der Waals surface area contributed by atoms with Crippen LogP contribution in [-0.2, 0) is 0 Å². The molecular weight excluding hydrogens is 228 g/mol. The second kappa shape index (κ2) is 5.46. The fourth-order valence-electron chi connectivity index (χ4n) is 1.38. The van der Waals surface area contributed by atoms with Crippen LogP contribution in [0.3, 0.4) is 0 Å².